The van der Waals surface area contributed by atoms with Crippen LogP contribution in [0, 0.1) is 5.41 Å². The van der Waals surface area contributed by atoms with Gasteiger partial charge in [0.25, 0.3) is 5.91 Å². The highest BCUT2D eigenvalue weighted by Gasteiger charge is 2.51. The number of carbonyl (C=O) groups is 2. The Kier molecular flexibility index (Phi) is 2.79. The molecule has 2 fully saturated rings. The van der Waals surface area contributed by atoms with Gasteiger partial charge >= 0.3 is 0 Å². The maximum atomic E-state index is 12.8. The summed E-state index contributed by atoms with van der Waals surface area (Å²) >= 11 is 0. The number of fused-ring (bicyclic) bond motifs is 1. The van der Waals surface area contributed by atoms with E-state index in [9.17, 15) is 9.59 Å². The monoisotopic (exact) mass is 297 g/mol. The van der Waals surface area contributed by atoms with E-state index in [-0.39, 0.29) is 11.3 Å². The van der Waals surface area contributed by atoms with Gasteiger partial charge in [0.2, 0.25) is 5.91 Å². The predicted octanol–water partition coefficient (Wildman–Crippen LogP) is 2.04. The van der Waals surface area contributed by atoms with Gasteiger partial charge in [-0.3, -0.25) is 9.59 Å². The minimum absolute atomic E-state index is 0.122. The number of hydrogen-bond donors (Lipinski definition) is 2. The van der Waals surface area contributed by atoms with Gasteiger partial charge in [0.1, 0.15) is 11.7 Å². The highest BCUT2D eigenvalue weighted by Crippen LogP contribution is 2.50. The quantitative estimate of drug-likeness (QED) is 0.889. The van der Waals surface area contributed by atoms with Crippen molar-refractivity contribution in [1.29, 1.82) is 0 Å². The topological polar surface area (TPSA) is 79.2 Å². The van der Waals surface area contributed by atoms with E-state index in [4.69, 9.17) is 5.73 Å². The Balaban J connectivity index is 1.66. The van der Waals surface area contributed by atoms with Crippen LogP contribution in [0.2, 0.25) is 0 Å². The fourth-order valence-electron chi connectivity index (χ4n) is 3.91. The summed E-state index contributed by atoms with van der Waals surface area (Å²) in [5, 5.41) is 0.999. The van der Waals surface area contributed by atoms with Crippen LogP contribution < -0.4 is 5.73 Å². The van der Waals surface area contributed by atoms with Crippen molar-refractivity contribution in [1.82, 2.24) is 9.88 Å². The Morgan fingerprint density at radius 1 is 1.27 bits per heavy atom. The van der Waals surface area contributed by atoms with Gasteiger partial charge in [-0.2, -0.15) is 0 Å². The van der Waals surface area contributed by atoms with Gasteiger partial charge in [-0.15, -0.1) is 0 Å². The number of nitrogens with two attached hydrogens (primary N) is 1. The maximum Gasteiger partial charge on any atom is 0.271 e. The molecule has 1 aromatic heterocycles. The number of nitrogens with zero attached hydrogens (tertiary/aromatic N) is 1. The fourth-order valence-corrected chi connectivity index (χ4v) is 3.91. The molecule has 1 aliphatic carbocycles. The molecule has 1 atom stereocenters. The van der Waals surface area contributed by atoms with Crippen molar-refractivity contribution in [3.05, 3.63) is 36.0 Å². The van der Waals surface area contributed by atoms with Gasteiger partial charge in [-0.1, -0.05) is 24.6 Å². The number of aromatic amines is 1. The molecule has 2 amide bonds. The summed E-state index contributed by atoms with van der Waals surface area (Å²) in [7, 11) is 0. The van der Waals surface area contributed by atoms with Crippen LogP contribution in [0.1, 0.15) is 36.2 Å². The van der Waals surface area contributed by atoms with E-state index in [1.165, 1.54) is 6.42 Å². The zero-order valence-electron chi connectivity index (χ0n) is 12.3. The fraction of sp³-hybridized carbons (Fsp3) is 0.412. The van der Waals surface area contributed by atoms with Crippen LogP contribution in [0.4, 0.5) is 0 Å². The minimum Gasteiger partial charge on any atom is -0.368 e. The second-order valence-electron chi connectivity index (χ2n) is 6.68. The van der Waals surface area contributed by atoms with E-state index >= 15 is 0 Å². The number of rotatable bonds is 2. The van der Waals surface area contributed by atoms with Crippen molar-refractivity contribution in [2.45, 2.75) is 31.7 Å². The summed E-state index contributed by atoms with van der Waals surface area (Å²) in [5.74, 6) is -0.517. The van der Waals surface area contributed by atoms with E-state index in [0.29, 0.717) is 18.7 Å². The summed E-state index contributed by atoms with van der Waals surface area (Å²) in [5.41, 5.74) is 7.12. The highest BCUT2D eigenvalue weighted by molar-refractivity contribution is 6.00. The Hall–Kier alpha value is -2.30. The van der Waals surface area contributed by atoms with Crippen LogP contribution in [0.5, 0.6) is 0 Å². The third-order valence-electron chi connectivity index (χ3n) is 5.27. The second kappa shape index (κ2) is 4.60. The summed E-state index contributed by atoms with van der Waals surface area (Å²) in [6, 6.07) is 9.15. The lowest BCUT2D eigenvalue weighted by molar-refractivity contribution is -0.121. The summed E-state index contributed by atoms with van der Waals surface area (Å²) < 4.78 is 0. The van der Waals surface area contributed by atoms with E-state index in [1.807, 2.05) is 30.3 Å². The molecule has 0 unspecified atom stereocenters. The van der Waals surface area contributed by atoms with Crippen LogP contribution in [0.15, 0.2) is 30.3 Å². The maximum absolute atomic E-state index is 12.8. The van der Waals surface area contributed by atoms with Gasteiger partial charge in [0, 0.05) is 17.4 Å². The smallest absolute Gasteiger partial charge is 0.271 e. The first-order valence-electron chi connectivity index (χ1n) is 7.76. The Morgan fingerprint density at radius 2 is 2.05 bits per heavy atom. The second-order valence-corrected chi connectivity index (χ2v) is 6.68. The average Bonchev–Trinajstić information content (AvgIpc) is 3.07. The number of benzene rings is 1. The average molecular weight is 297 g/mol. The number of aromatic nitrogens is 1. The SMILES string of the molecule is NC(=O)[C@@H]1CC2(CCC2)CN1C(=O)c1cc2ccccc2[nH]1. The first-order chi connectivity index (χ1) is 10.6. The van der Waals surface area contributed by atoms with Crippen molar-refractivity contribution >= 4 is 22.7 Å². The molecular formula is C17H19N3O2. The number of carbonyl (C=O) groups excluding carboxylic acids is 2. The standard InChI is InChI=1S/C17H19N3O2/c18-15(21)14-9-17(6-3-7-17)10-20(14)16(22)13-8-11-4-1-2-5-12(11)19-13/h1-2,4-5,8,14,19H,3,6-7,9-10H2,(H2,18,21)/t14-/m0/s1. The molecule has 5 nitrogen and oxygen atoms in total. The largest absolute Gasteiger partial charge is 0.368 e. The number of H-pyrrole nitrogens is 1. The van der Waals surface area contributed by atoms with Crippen molar-refractivity contribution in [3.8, 4) is 0 Å². The lowest BCUT2D eigenvalue weighted by Gasteiger charge is -2.37. The molecule has 2 aromatic rings. The Morgan fingerprint density at radius 3 is 2.68 bits per heavy atom. The Bertz CT molecular complexity index is 727. The molecule has 1 aromatic carbocycles. The molecule has 0 radical (unpaired) electrons. The molecule has 114 valence electrons. The number of hydrogen-bond acceptors (Lipinski definition) is 2. The van der Waals surface area contributed by atoms with E-state index in [1.54, 1.807) is 4.90 Å². The summed E-state index contributed by atoms with van der Waals surface area (Å²) in [6.45, 7) is 0.648. The van der Waals surface area contributed by atoms with Gasteiger partial charge in [0.15, 0.2) is 0 Å². The van der Waals surface area contributed by atoms with Crippen molar-refractivity contribution in [2.75, 3.05) is 6.54 Å². The van der Waals surface area contributed by atoms with E-state index in [0.717, 1.165) is 23.7 Å². The molecule has 4 rings (SSSR count). The first-order valence-corrected chi connectivity index (χ1v) is 7.76. The van der Waals surface area contributed by atoms with Crippen LogP contribution in [-0.2, 0) is 4.79 Å². The van der Waals surface area contributed by atoms with Gasteiger partial charge in [-0.05, 0) is 36.8 Å². The number of amides is 2. The highest BCUT2D eigenvalue weighted by atomic mass is 16.2. The summed E-state index contributed by atoms with van der Waals surface area (Å²) in [6.07, 6.45) is 4.08. The molecule has 22 heavy (non-hydrogen) atoms. The molecular weight excluding hydrogens is 278 g/mol. The number of para-hydroxylation sites is 1. The summed E-state index contributed by atoms with van der Waals surface area (Å²) in [4.78, 5) is 29.4. The number of likely N-dealkylation sites (tertiary alicyclic amines) is 1. The molecule has 1 aliphatic heterocycles. The molecule has 1 spiro atoms. The lowest BCUT2D eigenvalue weighted by Crippen LogP contribution is -2.44. The van der Waals surface area contributed by atoms with Gasteiger partial charge in [-0.25, -0.2) is 0 Å². The lowest BCUT2D eigenvalue weighted by atomic mass is 9.67. The zero-order chi connectivity index (χ0) is 15.3. The van der Waals surface area contributed by atoms with Crippen LogP contribution >= 0.6 is 0 Å². The van der Waals surface area contributed by atoms with Crippen molar-refractivity contribution < 1.29 is 9.59 Å². The first kappa shape index (κ1) is 13.4. The molecule has 5 heteroatoms. The van der Waals surface area contributed by atoms with Crippen LogP contribution in [-0.4, -0.2) is 34.3 Å². The molecule has 0 bridgehead atoms. The molecule has 1 saturated carbocycles. The normalized spacial score (nSPS) is 22.9. The molecule has 2 aliphatic rings. The van der Waals surface area contributed by atoms with E-state index < -0.39 is 11.9 Å². The number of nitrogens with one attached hydrogen (secondary N) is 1. The third-order valence-corrected chi connectivity index (χ3v) is 5.27. The predicted molar refractivity (Wildman–Crippen MR) is 83.2 cm³/mol. The van der Waals surface area contributed by atoms with E-state index in [2.05, 4.69) is 4.98 Å². The van der Waals surface area contributed by atoms with Gasteiger partial charge in [0.05, 0.1) is 0 Å². The van der Waals surface area contributed by atoms with Crippen molar-refractivity contribution in [2.24, 2.45) is 11.1 Å². The Labute approximate surface area is 128 Å². The number of primary amides is 1. The minimum atomic E-state index is -0.473. The van der Waals surface area contributed by atoms with Gasteiger partial charge < -0.3 is 15.6 Å². The molecule has 2 heterocycles. The zero-order valence-corrected chi connectivity index (χ0v) is 12.3. The van der Waals surface area contributed by atoms with Crippen molar-refractivity contribution in [3.63, 3.8) is 0 Å². The van der Waals surface area contributed by atoms with Crippen LogP contribution in [0.3, 0.4) is 0 Å². The molecule has 1 saturated heterocycles. The third kappa shape index (κ3) is 1.92. The van der Waals surface area contributed by atoms with Crippen LogP contribution in [0.25, 0.3) is 10.9 Å². The molecule has 3 N–H and O–H groups in total.